The second-order valence-corrected chi connectivity index (χ2v) is 15.8. The third-order valence-corrected chi connectivity index (χ3v) is 9.41. The number of halogens is 2. The van der Waals surface area contributed by atoms with Crippen molar-refractivity contribution in [1.29, 1.82) is 0 Å². The zero-order valence-corrected chi connectivity index (χ0v) is 28.7. The van der Waals surface area contributed by atoms with Crippen LogP contribution in [-0.2, 0) is 32.9 Å². The normalized spacial score (nSPS) is 14.8. The minimum absolute atomic E-state index is 0.174. The van der Waals surface area contributed by atoms with E-state index < -0.39 is 54.8 Å². The van der Waals surface area contributed by atoms with Crippen LogP contribution in [0.3, 0.4) is 0 Å². The SMILES string of the molecule is C=CN(C(=O)C(c1csc2ccc(Cl)cc12)P(=O)(O)OC(COC(=O)C(C)(C)C)OC(=O)C(C)(C)C)c1cccc(Br)c1. The van der Waals surface area contributed by atoms with Crippen LogP contribution in [0.25, 0.3) is 10.1 Å². The van der Waals surface area contributed by atoms with Gasteiger partial charge in [0, 0.05) is 26.1 Å². The molecular formula is C30H34BrClNO8PS. The summed E-state index contributed by atoms with van der Waals surface area (Å²) in [6.45, 7) is 12.7. The van der Waals surface area contributed by atoms with Crippen molar-refractivity contribution in [1.82, 2.24) is 0 Å². The summed E-state index contributed by atoms with van der Waals surface area (Å²) in [5.74, 6) is -2.27. The molecule has 0 fully saturated rings. The van der Waals surface area contributed by atoms with Crippen LogP contribution < -0.4 is 4.90 Å². The average Bonchev–Trinajstić information content (AvgIpc) is 3.28. The molecule has 3 unspecified atom stereocenters. The van der Waals surface area contributed by atoms with Gasteiger partial charge < -0.3 is 14.4 Å². The number of anilines is 1. The third kappa shape index (κ3) is 8.77. The highest BCUT2D eigenvalue weighted by Crippen LogP contribution is 2.60. The van der Waals surface area contributed by atoms with Crippen LogP contribution in [0.15, 0.2) is 65.1 Å². The Morgan fingerprint density at radius 2 is 1.74 bits per heavy atom. The van der Waals surface area contributed by atoms with E-state index in [1.165, 1.54) is 17.5 Å². The van der Waals surface area contributed by atoms with Gasteiger partial charge in [-0.2, -0.15) is 0 Å². The highest BCUT2D eigenvalue weighted by atomic mass is 79.9. The van der Waals surface area contributed by atoms with Gasteiger partial charge in [0.05, 0.1) is 10.8 Å². The van der Waals surface area contributed by atoms with Crippen molar-refractivity contribution in [2.75, 3.05) is 11.5 Å². The third-order valence-electron chi connectivity index (χ3n) is 6.01. The minimum atomic E-state index is -5.09. The second-order valence-electron chi connectivity index (χ2n) is 11.7. The number of ether oxygens (including phenoxy) is 2. The Kier molecular flexibility index (Phi) is 11.1. The first kappa shape index (κ1) is 35.0. The van der Waals surface area contributed by atoms with Gasteiger partial charge in [0.25, 0.3) is 5.91 Å². The van der Waals surface area contributed by atoms with Crippen molar-refractivity contribution in [2.45, 2.75) is 53.5 Å². The molecule has 9 nitrogen and oxygen atoms in total. The molecule has 13 heteroatoms. The van der Waals surface area contributed by atoms with E-state index in [1.807, 2.05) is 0 Å². The Morgan fingerprint density at radius 3 is 2.33 bits per heavy atom. The summed E-state index contributed by atoms with van der Waals surface area (Å²) in [5, 5.41) is 2.40. The quantitative estimate of drug-likeness (QED) is 0.127. The number of rotatable bonds is 10. The summed E-state index contributed by atoms with van der Waals surface area (Å²) in [6.07, 6.45) is -0.582. The standard InChI is InChI=1S/C30H34BrClNO8PS/c1-8-33(20-11-9-10-18(31)14-20)26(34)25(22-17-43-23-13-12-19(32)15-21(22)23)42(37,38)41-24(40-28(36)30(5,6)7)16-39-27(35)29(2,3)4/h8-15,17,24-25H,1,16H2,2-7H3,(H,37,38). The molecule has 1 aromatic heterocycles. The van der Waals surface area contributed by atoms with E-state index >= 15 is 0 Å². The van der Waals surface area contributed by atoms with Crippen LogP contribution in [-0.4, -0.2) is 35.6 Å². The zero-order valence-electron chi connectivity index (χ0n) is 24.6. The topological polar surface area (TPSA) is 119 Å². The molecule has 1 heterocycles. The van der Waals surface area contributed by atoms with E-state index in [0.717, 1.165) is 4.90 Å². The number of carbonyl (C=O) groups is 3. The van der Waals surface area contributed by atoms with Crippen molar-refractivity contribution in [3.05, 3.63) is 75.7 Å². The fourth-order valence-corrected chi connectivity index (χ4v) is 6.89. The first-order valence-corrected chi connectivity index (χ1v) is 16.8. The lowest BCUT2D eigenvalue weighted by Gasteiger charge is -2.30. The molecule has 43 heavy (non-hydrogen) atoms. The van der Waals surface area contributed by atoms with Crippen LogP contribution in [0.4, 0.5) is 5.69 Å². The summed E-state index contributed by atoms with van der Waals surface area (Å²) in [7, 11) is -5.09. The lowest BCUT2D eigenvalue weighted by molar-refractivity contribution is -0.187. The van der Waals surface area contributed by atoms with Crippen molar-refractivity contribution in [3.8, 4) is 0 Å². The highest BCUT2D eigenvalue weighted by Gasteiger charge is 2.46. The number of carbonyl (C=O) groups excluding carboxylic acids is 3. The van der Waals surface area contributed by atoms with E-state index in [4.69, 9.17) is 25.6 Å². The molecule has 232 valence electrons. The largest absolute Gasteiger partial charge is 0.459 e. The van der Waals surface area contributed by atoms with E-state index in [1.54, 1.807) is 89.4 Å². The Morgan fingerprint density at radius 1 is 1.09 bits per heavy atom. The van der Waals surface area contributed by atoms with Crippen LogP contribution in [0.1, 0.15) is 52.8 Å². The number of hydrogen-bond donors (Lipinski definition) is 1. The van der Waals surface area contributed by atoms with Gasteiger partial charge in [-0.15, -0.1) is 11.3 Å². The maximum Gasteiger partial charge on any atom is 0.348 e. The highest BCUT2D eigenvalue weighted by molar-refractivity contribution is 9.10. The fraction of sp³-hybridized carbons (Fsp3) is 0.367. The average molecular weight is 715 g/mol. The monoisotopic (exact) mass is 713 g/mol. The number of esters is 2. The van der Waals surface area contributed by atoms with E-state index in [9.17, 15) is 23.8 Å². The fourth-order valence-electron chi connectivity index (χ4n) is 3.73. The van der Waals surface area contributed by atoms with Crippen LogP contribution in [0, 0.1) is 10.8 Å². The summed E-state index contributed by atoms with van der Waals surface area (Å²) in [5.41, 5.74) is -3.21. The Hall–Kier alpha value is -2.53. The molecule has 0 saturated carbocycles. The molecule has 1 N–H and O–H groups in total. The number of fused-ring (bicyclic) bond motifs is 1. The van der Waals surface area contributed by atoms with E-state index in [0.29, 0.717) is 25.3 Å². The van der Waals surface area contributed by atoms with Gasteiger partial charge in [-0.1, -0.05) is 40.2 Å². The summed E-state index contributed by atoms with van der Waals surface area (Å²) in [6, 6.07) is 11.7. The molecule has 0 radical (unpaired) electrons. The number of hydrogen-bond acceptors (Lipinski definition) is 8. The molecule has 0 aliphatic rings. The summed E-state index contributed by atoms with van der Waals surface area (Å²) < 4.78 is 31.9. The number of thiophene rings is 1. The first-order chi connectivity index (χ1) is 19.8. The lowest BCUT2D eigenvalue weighted by Crippen LogP contribution is -2.36. The molecule has 0 saturated heterocycles. The van der Waals surface area contributed by atoms with Crippen molar-refractivity contribution >= 4 is 80.1 Å². The molecule has 3 aromatic rings. The molecule has 1 amide bonds. The molecule has 2 aromatic carbocycles. The zero-order chi connectivity index (χ0) is 32.3. The number of nitrogens with zero attached hydrogens (tertiary/aromatic N) is 1. The lowest BCUT2D eigenvalue weighted by atomic mass is 9.97. The van der Waals surface area contributed by atoms with Gasteiger partial charge in [-0.25, -0.2) is 0 Å². The first-order valence-electron chi connectivity index (χ1n) is 13.1. The van der Waals surface area contributed by atoms with Gasteiger partial charge >= 0.3 is 19.5 Å². The van der Waals surface area contributed by atoms with Crippen LogP contribution in [0.2, 0.25) is 5.02 Å². The Bertz CT molecular complexity index is 1580. The van der Waals surface area contributed by atoms with Gasteiger partial charge in [0.1, 0.15) is 0 Å². The van der Waals surface area contributed by atoms with E-state index in [-0.39, 0.29) is 5.56 Å². The van der Waals surface area contributed by atoms with E-state index in [2.05, 4.69) is 22.5 Å². The maximum atomic E-state index is 14.3. The molecule has 0 spiro atoms. The van der Waals surface area contributed by atoms with Crippen LogP contribution in [0.5, 0.6) is 0 Å². The molecule has 0 aliphatic heterocycles. The Balaban J connectivity index is 2.12. The van der Waals surface area contributed by atoms with Crippen LogP contribution >= 0.6 is 46.5 Å². The summed E-state index contributed by atoms with van der Waals surface area (Å²) in [4.78, 5) is 52.2. The predicted octanol–water partition coefficient (Wildman–Crippen LogP) is 8.24. The smallest absolute Gasteiger partial charge is 0.348 e. The van der Waals surface area contributed by atoms with Gasteiger partial charge in [0.15, 0.2) is 12.3 Å². The van der Waals surface area contributed by atoms with Gasteiger partial charge in [-0.05, 0) is 94.3 Å². The predicted molar refractivity (Wildman–Crippen MR) is 172 cm³/mol. The molecule has 0 aliphatic carbocycles. The molecule has 0 bridgehead atoms. The minimum Gasteiger partial charge on any atom is -0.459 e. The number of benzene rings is 2. The van der Waals surface area contributed by atoms with Gasteiger partial charge in [-0.3, -0.25) is 28.4 Å². The molecular weight excluding hydrogens is 681 g/mol. The van der Waals surface area contributed by atoms with Crippen molar-refractivity contribution in [3.63, 3.8) is 0 Å². The molecule has 3 atom stereocenters. The number of amides is 1. The van der Waals surface area contributed by atoms with Crippen molar-refractivity contribution in [2.24, 2.45) is 10.8 Å². The Labute approximate surface area is 268 Å². The second kappa shape index (κ2) is 13.6. The summed E-state index contributed by atoms with van der Waals surface area (Å²) >= 11 is 10.9. The van der Waals surface area contributed by atoms with Crippen molar-refractivity contribution < 1.29 is 37.8 Å². The maximum absolute atomic E-state index is 14.3. The van der Waals surface area contributed by atoms with Gasteiger partial charge in [0.2, 0.25) is 6.29 Å². The molecule has 3 rings (SSSR count).